The Morgan fingerprint density at radius 1 is 1.17 bits per heavy atom. The molecule has 0 spiro atoms. The van der Waals surface area contributed by atoms with Crippen LogP contribution in [0.5, 0.6) is 0 Å². The fourth-order valence-electron chi connectivity index (χ4n) is 1.97. The Morgan fingerprint density at radius 3 is 2.38 bits per heavy atom. The van der Waals surface area contributed by atoms with Gasteiger partial charge < -0.3 is 5.32 Å². The zero-order chi connectivity index (χ0) is 17.7. The largest absolute Gasteiger partial charge is 0.324 e. The van der Waals surface area contributed by atoms with Crippen LogP contribution in [0.2, 0.25) is 0 Å². The number of nitrogens with zero attached hydrogens (tertiary/aromatic N) is 1. The minimum Gasteiger partial charge on any atom is -0.324 e. The molecule has 0 heterocycles. The van der Waals surface area contributed by atoms with E-state index in [0.717, 1.165) is 13.7 Å². The van der Waals surface area contributed by atoms with E-state index in [1.54, 1.807) is 42.5 Å². The summed E-state index contributed by atoms with van der Waals surface area (Å²) in [6, 6.07) is 13.7. The number of hydrogen-bond donors (Lipinski definition) is 1. The van der Waals surface area contributed by atoms with Gasteiger partial charge in [0.2, 0.25) is 15.9 Å². The van der Waals surface area contributed by atoms with Gasteiger partial charge in [-0.15, -0.1) is 11.8 Å². The first kappa shape index (κ1) is 19.0. The Balaban J connectivity index is 2.08. The van der Waals surface area contributed by atoms with E-state index in [4.69, 9.17) is 0 Å². The second-order valence-corrected chi connectivity index (χ2v) is 8.74. The summed E-state index contributed by atoms with van der Waals surface area (Å²) in [5.74, 6) is -0.409. The Kier molecular flexibility index (Phi) is 6.45. The smallest absolute Gasteiger partial charge is 0.243 e. The van der Waals surface area contributed by atoms with Crippen molar-refractivity contribution in [3.63, 3.8) is 0 Å². The van der Waals surface area contributed by atoms with E-state index in [-0.39, 0.29) is 11.4 Å². The van der Waals surface area contributed by atoms with Gasteiger partial charge in [-0.3, -0.25) is 4.79 Å². The molecule has 2 rings (SSSR count). The number of thioether (sulfide) groups is 1. The molecule has 0 bridgehead atoms. The number of nitrogens with one attached hydrogen (secondary N) is 1. The van der Waals surface area contributed by atoms with Gasteiger partial charge in [-0.25, -0.2) is 8.42 Å². The molecule has 2 aromatic rings. The molecular formula is C16H17BrN2O3S2. The fourth-order valence-corrected chi connectivity index (χ4v) is 3.89. The molecular weight excluding hydrogens is 412 g/mol. The third-order valence-electron chi connectivity index (χ3n) is 3.28. The highest BCUT2D eigenvalue weighted by Crippen LogP contribution is 2.22. The topological polar surface area (TPSA) is 66.5 Å². The lowest BCUT2D eigenvalue weighted by atomic mass is 10.3. The van der Waals surface area contributed by atoms with Crippen molar-refractivity contribution in [2.45, 2.75) is 9.79 Å². The van der Waals surface area contributed by atoms with Crippen molar-refractivity contribution in [2.75, 3.05) is 25.2 Å². The average Bonchev–Trinajstić information content (AvgIpc) is 2.57. The Bertz CT molecular complexity index is 823. The fraction of sp³-hybridized carbons (Fsp3) is 0.188. The zero-order valence-corrected chi connectivity index (χ0v) is 16.4. The number of rotatable bonds is 6. The maximum atomic E-state index is 12.5. The standard InChI is InChI=1S/C16H17BrN2O3S2/c1-19(11-16(20)18-15-6-4-3-5-14(15)17)24(21,22)13-9-7-12(23-2)8-10-13/h3-10H,11H2,1-2H3,(H,18,20). The first-order valence-electron chi connectivity index (χ1n) is 6.99. The lowest BCUT2D eigenvalue weighted by Crippen LogP contribution is -2.35. The highest BCUT2D eigenvalue weighted by atomic mass is 79.9. The summed E-state index contributed by atoms with van der Waals surface area (Å²) in [5.41, 5.74) is 0.595. The Labute approximate surface area is 154 Å². The number of carbonyl (C=O) groups is 1. The monoisotopic (exact) mass is 428 g/mol. The van der Waals surface area contributed by atoms with Crippen molar-refractivity contribution >= 4 is 49.3 Å². The highest BCUT2D eigenvalue weighted by Gasteiger charge is 2.23. The molecule has 0 fully saturated rings. The van der Waals surface area contributed by atoms with Crippen molar-refractivity contribution < 1.29 is 13.2 Å². The number of likely N-dealkylation sites (N-methyl/N-ethyl adjacent to an activating group) is 1. The van der Waals surface area contributed by atoms with Crippen molar-refractivity contribution in [3.8, 4) is 0 Å². The molecule has 0 saturated heterocycles. The molecule has 0 atom stereocenters. The summed E-state index contributed by atoms with van der Waals surface area (Å²) >= 11 is 4.86. The van der Waals surface area contributed by atoms with Crippen LogP contribution in [0.1, 0.15) is 0 Å². The van der Waals surface area contributed by atoms with Gasteiger partial charge in [0.05, 0.1) is 17.1 Å². The van der Waals surface area contributed by atoms with Crippen LogP contribution in [0.15, 0.2) is 62.8 Å². The molecule has 0 unspecified atom stereocenters. The van der Waals surface area contributed by atoms with E-state index in [0.29, 0.717) is 5.69 Å². The molecule has 0 saturated carbocycles. The van der Waals surface area contributed by atoms with Crippen LogP contribution in [0.4, 0.5) is 5.69 Å². The van der Waals surface area contributed by atoms with E-state index in [1.807, 2.05) is 12.3 Å². The van der Waals surface area contributed by atoms with Crippen molar-refractivity contribution in [3.05, 3.63) is 53.0 Å². The molecule has 0 aliphatic heterocycles. The minimum atomic E-state index is -3.71. The van der Waals surface area contributed by atoms with Crippen LogP contribution >= 0.6 is 27.7 Å². The summed E-state index contributed by atoms with van der Waals surface area (Å²) in [7, 11) is -2.32. The van der Waals surface area contributed by atoms with Gasteiger partial charge >= 0.3 is 0 Å². The minimum absolute atomic E-state index is 0.163. The van der Waals surface area contributed by atoms with Crippen LogP contribution in [-0.4, -0.2) is 38.5 Å². The third kappa shape index (κ3) is 4.60. The summed E-state index contributed by atoms with van der Waals surface area (Å²) < 4.78 is 26.8. The zero-order valence-electron chi connectivity index (χ0n) is 13.2. The first-order chi connectivity index (χ1) is 11.3. The second-order valence-electron chi connectivity index (χ2n) is 4.96. The van der Waals surface area contributed by atoms with Crippen LogP contribution in [0.25, 0.3) is 0 Å². The lowest BCUT2D eigenvalue weighted by Gasteiger charge is -2.17. The van der Waals surface area contributed by atoms with Gasteiger partial charge in [0, 0.05) is 16.4 Å². The van der Waals surface area contributed by atoms with Gasteiger partial charge in [0.15, 0.2) is 0 Å². The summed E-state index contributed by atoms with van der Waals surface area (Å²) in [6.45, 7) is -0.270. The van der Waals surface area contributed by atoms with E-state index in [1.165, 1.54) is 18.8 Å². The van der Waals surface area contributed by atoms with Crippen LogP contribution < -0.4 is 5.32 Å². The molecule has 5 nitrogen and oxygen atoms in total. The summed E-state index contributed by atoms with van der Waals surface area (Å²) in [6.07, 6.45) is 1.92. The molecule has 1 N–H and O–H groups in total. The Morgan fingerprint density at radius 2 is 1.79 bits per heavy atom. The van der Waals surface area contributed by atoms with E-state index in [2.05, 4.69) is 21.2 Å². The number of carbonyl (C=O) groups excluding carboxylic acids is 1. The lowest BCUT2D eigenvalue weighted by molar-refractivity contribution is -0.116. The van der Waals surface area contributed by atoms with Crippen LogP contribution in [0.3, 0.4) is 0 Å². The number of hydrogen-bond acceptors (Lipinski definition) is 4. The second kappa shape index (κ2) is 8.15. The number of halogens is 1. The Hall–Kier alpha value is -1.35. The maximum Gasteiger partial charge on any atom is 0.243 e. The van der Waals surface area contributed by atoms with Gasteiger partial charge in [-0.05, 0) is 58.6 Å². The number of para-hydroxylation sites is 1. The van der Waals surface area contributed by atoms with E-state index < -0.39 is 15.9 Å². The summed E-state index contributed by atoms with van der Waals surface area (Å²) in [4.78, 5) is 13.3. The molecule has 128 valence electrons. The van der Waals surface area contributed by atoms with Crippen LogP contribution in [-0.2, 0) is 14.8 Å². The number of benzene rings is 2. The number of anilines is 1. The van der Waals surface area contributed by atoms with Crippen molar-refractivity contribution in [2.24, 2.45) is 0 Å². The number of sulfonamides is 1. The molecule has 8 heteroatoms. The average molecular weight is 429 g/mol. The van der Waals surface area contributed by atoms with Crippen LogP contribution in [0, 0.1) is 0 Å². The van der Waals surface area contributed by atoms with Crippen molar-refractivity contribution in [1.82, 2.24) is 4.31 Å². The van der Waals surface area contributed by atoms with Gasteiger partial charge in [0.1, 0.15) is 0 Å². The molecule has 0 aliphatic rings. The molecule has 0 aliphatic carbocycles. The SMILES string of the molecule is CSc1ccc(S(=O)(=O)N(C)CC(=O)Nc2ccccc2Br)cc1. The first-order valence-corrected chi connectivity index (χ1v) is 10.4. The molecule has 0 radical (unpaired) electrons. The predicted molar refractivity (Wildman–Crippen MR) is 101 cm³/mol. The quantitative estimate of drug-likeness (QED) is 0.715. The van der Waals surface area contributed by atoms with E-state index >= 15 is 0 Å². The normalized spacial score (nSPS) is 11.5. The molecule has 24 heavy (non-hydrogen) atoms. The molecule has 0 aromatic heterocycles. The highest BCUT2D eigenvalue weighted by molar-refractivity contribution is 9.10. The van der Waals surface area contributed by atoms with Gasteiger partial charge in [0.25, 0.3) is 0 Å². The molecule has 1 amide bonds. The predicted octanol–water partition coefficient (Wildman–Crippen LogP) is 3.43. The number of amides is 1. The third-order valence-corrected chi connectivity index (χ3v) is 6.53. The van der Waals surface area contributed by atoms with Crippen molar-refractivity contribution in [1.29, 1.82) is 0 Å². The van der Waals surface area contributed by atoms with Gasteiger partial charge in [-0.1, -0.05) is 12.1 Å². The van der Waals surface area contributed by atoms with Gasteiger partial charge in [-0.2, -0.15) is 4.31 Å². The molecule has 2 aromatic carbocycles. The van der Waals surface area contributed by atoms with E-state index in [9.17, 15) is 13.2 Å². The summed E-state index contributed by atoms with van der Waals surface area (Å²) in [5, 5.41) is 2.69. The maximum absolute atomic E-state index is 12.5.